The summed E-state index contributed by atoms with van der Waals surface area (Å²) in [5.74, 6) is 1.69. The number of aromatic nitrogens is 4. The second kappa shape index (κ2) is 7.13. The fourth-order valence-corrected chi connectivity index (χ4v) is 3.55. The molecule has 4 rings (SSSR count). The Morgan fingerprint density at radius 3 is 2.81 bits per heavy atom. The van der Waals surface area contributed by atoms with Crippen molar-refractivity contribution in [1.29, 1.82) is 0 Å². The minimum atomic E-state index is -0.0890. The minimum absolute atomic E-state index is 0.00181. The molecule has 1 saturated heterocycles. The maximum Gasteiger partial charge on any atom is 0.274 e. The average Bonchev–Trinajstić information content (AvgIpc) is 3.03. The number of amides is 2. The highest BCUT2D eigenvalue weighted by Crippen LogP contribution is 2.38. The molecule has 0 bridgehead atoms. The Labute approximate surface area is 157 Å². The summed E-state index contributed by atoms with van der Waals surface area (Å²) in [4.78, 5) is 36.9. The first kappa shape index (κ1) is 17.7. The number of carbonyl (C=O) groups is 2. The minimum Gasteiger partial charge on any atom is -0.340 e. The van der Waals surface area contributed by atoms with Crippen LogP contribution in [0.3, 0.4) is 0 Å². The van der Waals surface area contributed by atoms with E-state index in [-0.39, 0.29) is 17.9 Å². The number of nitrogens with zero attached hydrogens (tertiary/aromatic N) is 6. The normalized spacial score (nSPS) is 19.5. The van der Waals surface area contributed by atoms with E-state index in [0.29, 0.717) is 49.4 Å². The molecule has 2 amide bonds. The third-order valence-electron chi connectivity index (χ3n) is 5.21. The van der Waals surface area contributed by atoms with Gasteiger partial charge in [0.25, 0.3) is 5.91 Å². The molecule has 144 valence electrons. The zero-order chi connectivity index (χ0) is 19.0. The van der Waals surface area contributed by atoms with E-state index in [1.807, 2.05) is 11.9 Å². The van der Waals surface area contributed by atoms with Gasteiger partial charge in [-0.2, -0.15) is 4.98 Å². The number of hydrogen-bond acceptors (Lipinski definition) is 6. The van der Waals surface area contributed by atoms with Crippen LogP contribution in [0.1, 0.15) is 54.3 Å². The number of rotatable bonds is 6. The summed E-state index contributed by atoms with van der Waals surface area (Å²) in [7, 11) is 1.83. The lowest BCUT2D eigenvalue weighted by Crippen LogP contribution is -2.42. The van der Waals surface area contributed by atoms with Crippen molar-refractivity contribution in [2.24, 2.45) is 7.05 Å². The summed E-state index contributed by atoms with van der Waals surface area (Å²) < 4.78 is 7.03. The SMILES string of the molecule is CC(=O)N(CCc1noc(C2CC2)n1)C1CCN(C(=O)c2cn(C)cn2)C1. The highest BCUT2D eigenvalue weighted by Gasteiger charge is 2.33. The largest absolute Gasteiger partial charge is 0.340 e. The number of aryl methyl sites for hydroxylation is 1. The summed E-state index contributed by atoms with van der Waals surface area (Å²) in [6.45, 7) is 3.23. The van der Waals surface area contributed by atoms with E-state index in [2.05, 4.69) is 15.1 Å². The van der Waals surface area contributed by atoms with E-state index in [4.69, 9.17) is 4.52 Å². The monoisotopic (exact) mass is 372 g/mol. The molecular formula is C18H24N6O3. The third kappa shape index (κ3) is 3.86. The predicted molar refractivity (Wildman–Crippen MR) is 94.9 cm³/mol. The molecule has 2 fully saturated rings. The summed E-state index contributed by atoms with van der Waals surface area (Å²) in [5.41, 5.74) is 0.437. The zero-order valence-electron chi connectivity index (χ0n) is 15.7. The highest BCUT2D eigenvalue weighted by molar-refractivity contribution is 5.92. The van der Waals surface area contributed by atoms with Crippen molar-refractivity contribution in [3.8, 4) is 0 Å². The summed E-state index contributed by atoms with van der Waals surface area (Å²) >= 11 is 0. The Hall–Kier alpha value is -2.71. The van der Waals surface area contributed by atoms with Gasteiger partial charge >= 0.3 is 0 Å². The second-order valence-corrected chi connectivity index (χ2v) is 7.40. The summed E-state index contributed by atoms with van der Waals surface area (Å²) in [6.07, 6.45) is 6.88. The van der Waals surface area contributed by atoms with Crippen LogP contribution in [0.5, 0.6) is 0 Å². The Bertz CT molecular complexity index is 840. The van der Waals surface area contributed by atoms with Gasteiger partial charge in [0.1, 0.15) is 5.69 Å². The molecule has 1 saturated carbocycles. The number of likely N-dealkylation sites (tertiary alicyclic amines) is 1. The van der Waals surface area contributed by atoms with Crippen LogP contribution in [0, 0.1) is 0 Å². The molecule has 1 unspecified atom stereocenters. The van der Waals surface area contributed by atoms with E-state index in [1.165, 1.54) is 0 Å². The lowest BCUT2D eigenvalue weighted by atomic mass is 10.2. The standard InChI is InChI=1S/C18H24N6O3/c1-12(25)24(8-6-16-20-17(27-21-16)13-3-4-13)14-5-7-23(9-14)18(26)15-10-22(2)11-19-15/h10-11,13-14H,3-9H2,1-2H3. The highest BCUT2D eigenvalue weighted by atomic mass is 16.5. The van der Waals surface area contributed by atoms with Crippen LogP contribution >= 0.6 is 0 Å². The van der Waals surface area contributed by atoms with Crippen molar-refractivity contribution < 1.29 is 14.1 Å². The third-order valence-corrected chi connectivity index (χ3v) is 5.21. The summed E-state index contributed by atoms with van der Waals surface area (Å²) in [5, 5.41) is 4.02. The Balaban J connectivity index is 1.35. The van der Waals surface area contributed by atoms with E-state index in [9.17, 15) is 9.59 Å². The van der Waals surface area contributed by atoms with Gasteiger partial charge in [0.05, 0.1) is 12.4 Å². The van der Waals surface area contributed by atoms with E-state index in [1.54, 1.807) is 28.9 Å². The number of hydrogen-bond donors (Lipinski definition) is 0. The van der Waals surface area contributed by atoms with Gasteiger partial charge < -0.3 is 18.9 Å². The quantitative estimate of drug-likeness (QED) is 0.750. The Morgan fingerprint density at radius 1 is 1.33 bits per heavy atom. The molecule has 1 aliphatic carbocycles. The van der Waals surface area contributed by atoms with E-state index in [0.717, 1.165) is 19.3 Å². The molecule has 0 N–H and O–H groups in total. The first-order chi connectivity index (χ1) is 13.0. The molecular weight excluding hydrogens is 348 g/mol. The molecule has 2 aromatic heterocycles. The van der Waals surface area contributed by atoms with Crippen molar-refractivity contribution in [2.75, 3.05) is 19.6 Å². The molecule has 3 heterocycles. The second-order valence-electron chi connectivity index (χ2n) is 7.40. The molecule has 0 radical (unpaired) electrons. The van der Waals surface area contributed by atoms with Gasteiger partial charge in [0.15, 0.2) is 5.82 Å². The van der Waals surface area contributed by atoms with Crippen LogP contribution in [0.2, 0.25) is 0 Å². The first-order valence-electron chi connectivity index (χ1n) is 9.38. The van der Waals surface area contributed by atoms with Gasteiger partial charge in [0.2, 0.25) is 11.8 Å². The molecule has 27 heavy (non-hydrogen) atoms. The average molecular weight is 372 g/mol. The van der Waals surface area contributed by atoms with Crippen LogP contribution in [-0.4, -0.2) is 67.0 Å². The van der Waals surface area contributed by atoms with Crippen LogP contribution in [0.25, 0.3) is 0 Å². The van der Waals surface area contributed by atoms with Gasteiger partial charge in [-0.25, -0.2) is 4.98 Å². The van der Waals surface area contributed by atoms with Gasteiger partial charge in [0, 0.05) is 52.1 Å². The maximum absolute atomic E-state index is 12.6. The molecule has 0 spiro atoms. The van der Waals surface area contributed by atoms with Crippen molar-refractivity contribution >= 4 is 11.8 Å². The first-order valence-corrected chi connectivity index (χ1v) is 9.38. The zero-order valence-corrected chi connectivity index (χ0v) is 15.7. The van der Waals surface area contributed by atoms with Gasteiger partial charge in [-0.15, -0.1) is 0 Å². The lowest BCUT2D eigenvalue weighted by Gasteiger charge is -2.27. The van der Waals surface area contributed by atoms with E-state index < -0.39 is 0 Å². The molecule has 2 aliphatic rings. The molecule has 1 aliphatic heterocycles. The van der Waals surface area contributed by atoms with Gasteiger partial charge in [-0.1, -0.05) is 5.16 Å². The van der Waals surface area contributed by atoms with Crippen LogP contribution in [0.4, 0.5) is 0 Å². The smallest absolute Gasteiger partial charge is 0.274 e. The fraction of sp³-hybridized carbons (Fsp3) is 0.611. The molecule has 1 atom stereocenters. The van der Waals surface area contributed by atoms with Gasteiger partial charge in [-0.3, -0.25) is 9.59 Å². The van der Waals surface area contributed by atoms with Crippen molar-refractivity contribution in [3.05, 3.63) is 29.9 Å². The van der Waals surface area contributed by atoms with Crippen LogP contribution in [0.15, 0.2) is 17.0 Å². The molecule has 9 heteroatoms. The topological polar surface area (TPSA) is 97.4 Å². The number of carbonyl (C=O) groups excluding carboxylic acids is 2. The van der Waals surface area contributed by atoms with Crippen molar-refractivity contribution in [2.45, 2.75) is 44.6 Å². The number of imidazole rings is 1. The summed E-state index contributed by atoms with van der Waals surface area (Å²) in [6, 6.07) is 0.00460. The Kier molecular flexibility index (Phi) is 4.67. The fourth-order valence-electron chi connectivity index (χ4n) is 3.55. The maximum atomic E-state index is 12.6. The molecule has 0 aromatic carbocycles. The van der Waals surface area contributed by atoms with Crippen molar-refractivity contribution in [3.63, 3.8) is 0 Å². The van der Waals surface area contributed by atoms with Crippen LogP contribution in [-0.2, 0) is 18.3 Å². The van der Waals surface area contributed by atoms with Crippen molar-refractivity contribution in [1.82, 2.24) is 29.5 Å². The van der Waals surface area contributed by atoms with Gasteiger partial charge in [-0.05, 0) is 19.3 Å². The van der Waals surface area contributed by atoms with E-state index >= 15 is 0 Å². The van der Waals surface area contributed by atoms with Crippen LogP contribution < -0.4 is 0 Å². The molecule has 9 nitrogen and oxygen atoms in total. The predicted octanol–water partition coefficient (Wildman–Crippen LogP) is 0.986. The Morgan fingerprint density at radius 2 is 2.15 bits per heavy atom. The lowest BCUT2D eigenvalue weighted by molar-refractivity contribution is -0.130. The molecule has 2 aromatic rings.